The Morgan fingerprint density at radius 3 is 2.42 bits per heavy atom. The highest BCUT2D eigenvalue weighted by atomic mass is 35.5. The van der Waals surface area contributed by atoms with Crippen molar-refractivity contribution in [1.82, 2.24) is 4.98 Å². The zero-order valence-corrected chi connectivity index (χ0v) is 10.4. The quantitative estimate of drug-likeness (QED) is 0.496. The van der Waals surface area contributed by atoms with Gasteiger partial charge in [0.15, 0.2) is 0 Å². The van der Waals surface area contributed by atoms with Crippen molar-refractivity contribution in [2.45, 2.75) is 0 Å². The molecule has 0 fully saturated rings. The molecule has 5 nitrogen and oxygen atoms in total. The van der Waals surface area contributed by atoms with E-state index in [1.165, 1.54) is 18.4 Å². The molecule has 0 saturated carbocycles. The predicted molar refractivity (Wildman–Crippen MR) is 72.1 cm³/mol. The Bertz CT molecular complexity index is 656. The summed E-state index contributed by atoms with van der Waals surface area (Å²) in [7, 11) is 0. The molecular weight excluding hydrogens is 268 g/mol. The van der Waals surface area contributed by atoms with E-state index in [4.69, 9.17) is 16.0 Å². The standard InChI is InChI=1S/C8H4ClNO3.C5H5N/c9-6-1-2-7(10(11)12)8-5(6)3-4-13-8;1-2-4-6-5-3-1/h1-4H;1-5H. The average Bonchev–Trinajstić information content (AvgIpc) is 2.91. The second kappa shape index (κ2) is 5.97. The summed E-state index contributed by atoms with van der Waals surface area (Å²) in [4.78, 5) is 13.8. The fraction of sp³-hybridized carbons (Fsp3) is 0. The highest BCUT2D eigenvalue weighted by Gasteiger charge is 2.15. The van der Waals surface area contributed by atoms with Crippen LogP contribution in [0.3, 0.4) is 0 Å². The van der Waals surface area contributed by atoms with Crippen molar-refractivity contribution < 1.29 is 9.34 Å². The molecule has 0 unspecified atom stereocenters. The van der Waals surface area contributed by atoms with E-state index in [1.807, 2.05) is 18.2 Å². The van der Waals surface area contributed by atoms with Crippen LogP contribution in [0.5, 0.6) is 0 Å². The summed E-state index contributed by atoms with van der Waals surface area (Å²) in [6.45, 7) is 0. The Labute approximate surface area is 113 Å². The van der Waals surface area contributed by atoms with Crippen molar-refractivity contribution >= 4 is 28.3 Å². The van der Waals surface area contributed by atoms with Crippen molar-refractivity contribution in [3.05, 3.63) is 70.2 Å². The van der Waals surface area contributed by atoms with Crippen molar-refractivity contribution in [3.8, 4) is 0 Å². The van der Waals surface area contributed by atoms with Crippen LogP contribution < -0.4 is 0 Å². The first-order chi connectivity index (χ1) is 9.20. The Kier molecular flexibility index (Phi) is 4.10. The maximum atomic E-state index is 10.5. The van der Waals surface area contributed by atoms with Crippen LogP contribution in [0.25, 0.3) is 11.0 Å². The lowest BCUT2D eigenvalue weighted by molar-refractivity contribution is -0.383. The molecule has 0 radical (unpaired) electrons. The van der Waals surface area contributed by atoms with E-state index in [2.05, 4.69) is 4.98 Å². The zero-order chi connectivity index (χ0) is 13.7. The van der Waals surface area contributed by atoms with Gasteiger partial charge in [-0.2, -0.15) is 0 Å². The first-order valence-corrected chi connectivity index (χ1v) is 5.73. The van der Waals surface area contributed by atoms with Gasteiger partial charge in [0.1, 0.15) is 0 Å². The Hall–Kier alpha value is -2.40. The van der Waals surface area contributed by atoms with Crippen LogP contribution in [0.1, 0.15) is 0 Å². The number of nitrogens with zero attached hydrogens (tertiary/aromatic N) is 2. The van der Waals surface area contributed by atoms with Crippen molar-refractivity contribution in [3.63, 3.8) is 0 Å². The number of aromatic nitrogens is 1. The van der Waals surface area contributed by atoms with Crippen LogP contribution in [0.15, 0.2) is 59.5 Å². The monoisotopic (exact) mass is 276 g/mol. The summed E-state index contributed by atoms with van der Waals surface area (Å²) in [6.07, 6.45) is 4.88. The maximum Gasteiger partial charge on any atom is 0.312 e. The molecule has 2 aromatic heterocycles. The zero-order valence-electron chi connectivity index (χ0n) is 9.69. The third-order valence-corrected chi connectivity index (χ3v) is 2.64. The number of fused-ring (bicyclic) bond motifs is 1. The van der Waals surface area contributed by atoms with Gasteiger partial charge in [0.05, 0.1) is 16.2 Å². The molecule has 0 saturated heterocycles. The molecule has 0 bridgehead atoms. The van der Waals surface area contributed by atoms with E-state index in [0.29, 0.717) is 10.4 Å². The fourth-order valence-corrected chi connectivity index (χ4v) is 1.68. The van der Waals surface area contributed by atoms with E-state index in [9.17, 15) is 10.1 Å². The lowest BCUT2D eigenvalue weighted by Crippen LogP contribution is -1.87. The molecule has 0 aliphatic rings. The van der Waals surface area contributed by atoms with Crippen LogP contribution in [0.4, 0.5) is 5.69 Å². The number of furan rings is 1. The molecule has 0 amide bonds. The minimum absolute atomic E-state index is 0.0654. The molecule has 3 rings (SSSR count). The van der Waals surface area contributed by atoms with Gasteiger partial charge in [0.2, 0.25) is 5.58 Å². The van der Waals surface area contributed by atoms with Crippen molar-refractivity contribution in [1.29, 1.82) is 0 Å². The first-order valence-electron chi connectivity index (χ1n) is 5.35. The van der Waals surface area contributed by atoms with Crippen LogP contribution in [-0.2, 0) is 0 Å². The molecule has 0 atom stereocenters. The van der Waals surface area contributed by atoms with Crippen molar-refractivity contribution in [2.75, 3.05) is 0 Å². The lowest BCUT2D eigenvalue weighted by atomic mass is 10.2. The molecular formula is C13H9ClN2O3. The van der Waals surface area contributed by atoms with E-state index >= 15 is 0 Å². The van der Waals surface area contributed by atoms with E-state index in [-0.39, 0.29) is 11.3 Å². The van der Waals surface area contributed by atoms with Gasteiger partial charge >= 0.3 is 5.69 Å². The summed E-state index contributed by atoms with van der Waals surface area (Å²) >= 11 is 5.79. The SMILES string of the molecule is O=[N+]([O-])c1ccc(Cl)c2ccoc12.c1ccncc1. The highest BCUT2D eigenvalue weighted by molar-refractivity contribution is 6.35. The van der Waals surface area contributed by atoms with Gasteiger partial charge in [-0.1, -0.05) is 17.7 Å². The average molecular weight is 277 g/mol. The van der Waals surface area contributed by atoms with Gasteiger partial charge in [-0.05, 0) is 24.3 Å². The molecule has 19 heavy (non-hydrogen) atoms. The summed E-state index contributed by atoms with van der Waals surface area (Å²) in [5, 5.41) is 11.5. The molecule has 0 aliphatic heterocycles. The molecule has 0 aliphatic carbocycles. The fourth-order valence-electron chi connectivity index (χ4n) is 1.47. The third-order valence-electron chi connectivity index (χ3n) is 2.31. The number of hydrogen-bond acceptors (Lipinski definition) is 4. The van der Waals surface area contributed by atoms with Crippen LogP contribution in [-0.4, -0.2) is 9.91 Å². The Balaban J connectivity index is 0.000000186. The van der Waals surface area contributed by atoms with Gasteiger partial charge in [-0.3, -0.25) is 15.1 Å². The number of rotatable bonds is 1. The van der Waals surface area contributed by atoms with Gasteiger partial charge in [0.25, 0.3) is 0 Å². The topological polar surface area (TPSA) is 69.2 Å². The second-order valence-electron chi connectivity index (χ2n) is 3.51. The molecule has 96 valence electrons. The van der Waals surface area contributed by atoms with Crippen LogP contribution in [0.2, 0.25) is 5.02 Å². The molecule has 3 aromatic rings. The number of nitro groups is 1. The van der Waals surface area contributed by atoms with Gasteiger partial charge < -0.3 is 4.42 Å². The van der Waals surface area contributed by atoms with Gasteiger partial charge in [-0.15, -0.1) is 0 Å². The largest absolute Gasteiger partial charge is 0.457 e. The van der Waals surface area contributed by atoms with Gasteiger partial charge in [-0.25, -0.2) is 0 Å². The van der Waals surface area contributed by atoms with Crippen LogP contribution >= 0.6 is 11.6 Å². The highest BCUT2D eigenvalue weighted by Crippen LogP contribution is 2.31. The second-order valence-corrected chi connectivity index (χ2v) is 3.92. The van der Waals surface area contributed by atoms with Gasteiger partial charge in [0, 0.05) is 23.8 Å². The first kappa shape index (κ1) is 13.0. The number of nitro benzene ring substituents is 1. The molecule has 0 N–H and O–H groups in total. The number of pyridine rings is 1. The van der Waals surface area contributed by atoms with Crippen LogP contribution in [0, 0.1) is 10.1 Å². The normalized spacial score (nSPS) is 9.74. The smallest absolute Gasteiger partial charge is 0.312 e. The van der Waals surface area contributed by atoms with E-state index < -0.39 is 4.92 Å². The molecule has 1 aromatic carbocycles. The summed E-state index contributed by atoms with van der Waals surface area (Å²) in [6, 6.07) is 10.1. The number of benzene rings is 1. The summed E-state index contributed by atoms with van der Waals surface area (Å²) in [5.74, 6) is 0. The Morgan fingerprint density at radius 2 is 1.89 bits per heavy atom. The third kappa shape index (κ3) is 3.08. The predicted octanol–water partition coefficient (Wildman–Crippen LogP) is 4.08. The molecule has 2 heterocycles. The number of hydrogen-bond donors (Lipinski definition) is 0. The minimum atomic E-state index is -0.498. The van der Waals surface area contributed by atoms with Crippen molar-refractivity contribution in [2.24, 2.45) is 0 Å². The molecule has 0 spiro atoms. The lowest BCUT2D eigenvalue weighted by Gasteiger charge is -1.93. The summed E-state index contributed by atoms with van der Waals surface area (Å²) < 4.78 is 4.97. The minimum Gasteiger partial charge on any atom is -0.457 e. The number of non-ortho nitro benzene ring substituents is 1. The maximum absolute atomic E-state index is 10.5. The summed E-state index contributed by atoms with van der Waals surface area (Å²) in [5.41, 5.74) is 0.155. The molecule has 6 heteroatoms. The van der Waals surface area contributed by atoms with E-state index in [0.717, 1.165) is 0 Å². The number of halogens is 1. The Morgan fingerprint density at radius 1 is 1.16 bits per heavy atom. The van der Waals surface area contributed by atoms with E-state index in [1.54, 1.807) is 18.5 Å².